The van der Waals surface area contributed by atoms with Gasteiger partial charge >= 0.3 is 0 Å². The highest BCUT2D eigenvalue weighted by Crippen LogP contribution is 2.31. The molecule has 1 amide bonds. The molecule has 1 aliphatic rings. The molecule has 1 aliphatic heterocycles. The summed E-state index contributed by atoms with van der Waals surface area (Å²) in [6.07, 6.45) is 0.220. The summed E-state index contributed by atoms with van der Waals surface area (Å²) in [6.45, 7) is 2.99. The topological polar surface area (TPSA) is 77.5 Å². The van der Waals surface area contributed by atoms with Crippen molar-refractivity contribution in [1.82, 2.24) is 4.98 Å². The predicted molar refractivity (Wildman–Crippen MR) is 104 cm³/mol. The number of aryl methyl sites for hydroxylation is 1. The molecule has 6 nitrogen and oxygen atoms in total. The van der Waals surface area contributed by atoms with E-state index in [-0.39, 0.29) is 24.5 Å². The fraction of sp³-hybridized carbons (Fsp3) is 0.250. The molecule has 0 unspecified atom stereocenters. The van der Waals surface area contributed by atoms with Gasteiger partial charge in [-0.05, 0) is 42.8 Å². The molecule has 138 valence electrons. The molecule has 0 atom stereocenters. The van der Waals surface area contributed by atoms with Crippen LogP contribution in [0.4, 0.5) is 5.13 Å². The standard InChI is InChI=1S/C20H18N2O4S/c1-12-2-4-14-18(10-12)27-20(21-14)22-19(24)7-5-15(23)13-3-6-16-17(11-13)26-9-8-25-16/h2-4,6,10-11H,5,7-9H2,1H3,(H,21,22,24). The van der Waals surface area contributed by atoms with Crippen LogP contribution in [0.25, 0.3) is 10.2 Å². The molecule has 4 rings (SSSR count). The first kappa shape index (κ1) is 17.5. The number of carbonyl (C=O) groups is 2. The highest BCUT2D eigenvalue weighted by Gasteiger charge is 2.16. The van der Waals surface area contributed by atoms with Gasteiger partial charge in [-0.15, -0.1) is 0 Å². The molecule has 2 heterocycles. The fourth-order valence-electron chi connectivity index (χ4n) is 2.86. The number of hydrogen-bond donors (Lipinski definition) is 1. The number of ether oxygens (including phenoxy) is 2. The van der Waals surface area contributed by atoms with E-state index in [1.165, 1.54) is 11.3 Å². The monoisotopic (exact) mass is 382 g/mol. The molecule has 0 saturated carbocycles. The SMILES string of the molecule is Cc1ccc2nc(NC(=O)CCC(=O)c3ccc4c(c3)OCCO4)sc2c1. The van der Waals surface area contributed by atoms with Crippen molar-refractivity contribution < 1.29 is 19.1 Å². The number of benzene rings is 2. The largest absolute Gasteiger partial charge is 0.486 e. The van der Waals surface area contributed by atoms with Crippen LogP contribution in [0.5, 0.6) is 11.5 Å². The number of nitrogens with zero attached hydrogens (tertiary/aromatic N) is 1. The first-order chi connectivity index (χ1) is 13.1. The molecular formula is C20H18N2O4S. The summed E-state index contributed by atoms with van der Waals surface area (Å²) in [7, 11) is 0. The van der Waals surface area contributed by atoms with Gasteiger partial charge in [0.15, 0.2) is 22.4 Å². The van der Waals surface area contributed by atoms with Crippen LogP contribution in [0.2, 0.25) is 0 Å². The molecule has 1 N–H and O–H groups in total. The van der Waals surface area contributed by atoms with Gasteiger partial charge < -0.3 is 14.8 Å². The molecule has 1 aromatic heterocycles. The van der Waals surface area contributed by atoms with Crippen molar-refractivity contribution in [2.45, 2.75) is 19.8 Å². The Bertz CT molecular complexity index is 1030. The third-order valence-corrected chi connectivity index (χ3v) is 5.17. The van der Waals surface area contributed by atoms with Crippen LogP contribution in [0.3, 0.4) is 0 Å². The number of anilines is 1. The lowest BCUT2D eigenvalue weighted by Crippen LogP contribution is -2.16. The zero-order chi connectivity index (χ0) is 18.8. The number of nitrogens with one attached hydrogen (secondary N) is 1. The van der Waals surface area contributed by atoms with E-state index in [0.29, 0.717) is 35.4 Å². The minimum absolute atomic E-state index is 0.0994. The second-order valence-electron chi connectivity index (χ2n) is 6.32. The maximum absolute atomic E-state index is 12.4. The number of fused-ring (bicyclic) bond motifs is 2. The van der Waals surface area contributed by atoms with Crippen LogP contribution in [0, 0.1) is 6.92 Å². The summed E-state index contributed by atoms with van der Waals surface area (Å²) >= 11 is 1.43. The van der Waals surface area contributed by atoms with Crippen LogP contribution in [-0.2, 0) is 4.79 Å². The Labute approximate surface area is 160 Å². The highest BCUT2D eigenvalue weighted by atomic mass is 32.1. The maximum atomic E-state index is 12.4. The van der Waals surface area contributed by atoms with Gasteiger partial charge in [-0.25, -0.2) is 4.98 Å². The van der Waals surface area contributed by atoms with Crippen LogP contribution in [-0.4, -0.2) is 29.9 Å². The Morgan fingerprint density at radius 1 is 1.07 bits per heavy atom. The van der Waals surface area contributed by atoms with Crippen molar-refractivity contribution in [2.24, 2.45) is 0 Å². The smallest absolute Gasteiger partial charge is 0.226 e. The summed E-state index contributed by atoms with van der Waals surface area (Å²) in [5.74, 6) is 0.877. The van der Waals surface area contributed by atoms with Gasteiger partial charge in [-0.1, -0.05) is 17.4 Å². The van der Waals surface area contributed by atoms with Gasteiger partial charge in [-0.3, -0.25) is 9.59 Å². The van der Waals surface area contributed by atoms with Crippen molar-refractivity contribution in [2.75, 3.05) is 18.5 Å². The van der Waals surface area contributed by atoms with Crippen LogP contribution in [0.1, 0.15) is 28.8 Å². The van der Waals surface area contributed by atoms with E-state index in [0.717, 1.165) is 15.8 Å². The van der Waals surface area contributed by atoms with Crippen molar-refractivity contribution in [3.8, 4) is 11.5 Å². The summed E-state index contributed by atoms with van der Waals surface area (Å²) in [5, 5.41) is 3.33. The number of carbonyl (C=O) groups excluding carboxylic acids is 2. The van der Waals surface area contributed by atoms with E-state index in [1.807, 2.05) is 25.1 Å². The molecule has 27 heavy (non-hydrogen) atoms. The normalized spacial score (nSPS) is 12.8. The zero-order valence-corrected chi connectivity index (χ0v) is 15.6. The summed E-state index contributed by atoms with van der Waals surface area (Å²) < 4.78 is 12.0. The van der Waals surface area contributed by atoms with E-state index in [9.17, 15) is 9.59 Å². The minimum atomic E-state index is -0.225. The molecule has 3 aromatic rings. The quantitative estimate of drug-likeness (QED) is 0.676. The summed E-state index contributed by atoms with van der Waals surface area (Å²) in [6, 6.07) is 11.1. The van der Waals surface area contributed by atoms with Gasteiger partial charge in [0.2, 0.25) is 5.91 Å². The molecule has 7 heteroatoms. The Morgan fingerprint density at radius 2 is 1.89 bits per heavy atom. The molecule has 0 fully saturated rings. The van der Waals surface area contributed by atoms with E-state index < -0.39 is 0 Å². The maximum Gasteiger partial charge on any atom is 0.226 e. The van der Waals surface area contributed by atoms with Gasteiger partial charge in [0.1, 0.15) is 13.2 Å². The number of hydrogen-bond acceptors (Lipinski definition) is 6. The molecule has 2 aromatic carbocycles. The Balaban J connectivity index is 1.36. The average Bonchev–Trinajstić information content (AvgIpc) is 3.06. The molecule has 0 saturated heterocycles. The van der Waals surface area contributed by atoms with Gasteiger partial charge in [0, 0.05) is 18.4 Å². The van der Waals surface area contributed by atoms with Crippen molar-refractivity contribution in [3.63, 3.8) is 0 Å². The third kappa shape index (κ3) is 3.93. The van der Waals surface area contributed by atoms with Crippen molar-refractivity contribution >= 4 is 38.4 Å². The van der Waals surface area contributed by atoms with Crippen LogP contribution >= 0.6 is 11.3 Å². The first-order valence-corrected chi connectivity index (χ1v) is 9.50. The van der Waals surface area contributed by atoms with Crippen molar-refractivity contribution in [3.05, 3.63) is 47.5 Å². The lowest BCUT2D eigenvalue weighted by atomic mass is 10.1. The molecular weight excluding hydrogens is 364 g/mol. The lowest BCUT2D eigenvalue weighted by Gasteiger charge is -2.18. The summed E-state index contributed by atoms with van der Waals surface area (Å²) in [4.78, 5) is 29.0. The molecule has 0 bridgehead atoms. The predicted octanol–water partition coefficient (Wildman–Crippen LogP) is 3.98. The average molecular weight is 382 g/mol. The molecule has 0 radical (unpaired) electrons. The molecule has 0 spiro atoms. The van der Waals surface area contributed by atoms with Gasteiger partial charge in [0.25, 0.3) is 0 Å². The third-order valence-electron chi connectivity index (χ3n) is 4.23. The highest BCUT2D eigenvalue weighted by molar-refractivity contribution is 7.22. The minimum Gasteiger partial charge on any atom is -0.486 e. The first-order valence-electron chi connectivity index (χ1n) is 8.68. The second kappa shape index (κ2) is 7.36. The van der Waals surface area contributed by atoms with Gasteiger partial charge in [0.05, 0.1) is 10.2 Å². The number of rotatable bonds is 5. The fourth-order valence-corrected chi connectivity index (χ4v) is 3.84. The summed E-state index contributed by atoms with van der Waals surface area (Å²) in [5.41, 5.74) is 2.52. The van der Waals surface area contributed by atoms with Crippen LogP contribution in [0.15, 0.2) is 36.4 Å². The lowest BCUT2D eigenvalue weighted by molar-refractivity contribution is -0.116. The van der Waals surface area contributed by atoms with E-state index in [2.05, 4.69) is 10.3 Å². The van der Waals surface area contributed by atoms with E-state index in [4.69, 9.17) is 9.47 Å². The molecule has 0 aliphatic carbocycles. The van der Waals surface area contributed by atoms with Gasteiger partial charge in [-0.2, -0.15) is 0 Å². The van der Waals surface area contributed by atoms with Crippen molar-refractivity contribution in [1.29, 1.82) is 0 Å². The number of thiazole rings is 1. The van der Waals surface area contributed by atoms with E-state index >= 15 is 0 Å². The Kier molecular flexibility index (Phi) is 4.77. The Hall–Kier alpha value is -2.93. The number of amides is 1. The number of aromatic nitrogens is 1. The Morgan fingerprint density at radius 3 is 2.74 bits per heavy atom. The van der Waals surface area contributed by atoms with Crippen LogP contribution < -0.4 is 14.8 Å². The number of Topliss-reactive ketones (excluding diaryl/α,β-unsaturated/α-hetero) is 1. The zero-order valence-electron chi connectivity index (χ0n) is 14.8. The second-order valence-corrected chi connectivity index (χ2v) is 7.35. The number of ketones is 1. The van der Waals surface area contributed by atoms with E-state index in [1.54, 1.807) is 18.2 Å².